The van der Waals surface area contributed by atoms with Crippen LogP contribution >= 0.6 is 0 Å². The lowest BCUT2D eigenvalue weighted by Crippen LogP contribution is -2.30. The predicted molar refractivity (Wildman–Crippen MR) is 68.2 cm³/mol. The Labute approximate surface area is 103 Å². The maximum absolute atomic E-state index is 5.45. The summed E-state index contributed by atoms with van der Waals surface area (Å²) in [5.74, 6) is 0.908. The molecule has 2 rings (SSSR count). The molecule has 1 aliphatic rings. The third-order valence-electron chi connectivity index (χ3n) is 3.78. The molecule has 1 aromatic rings. The van der Waals surface area contributed by atoms with Gasteiger partial charge in [0.05, 0.1) is 25.0 Å². The highest BCUT2D eigenvalue weighted by Crippen LogP contribution is 2.55. The van der Waals surface area contributed by atoms with Gasteiger partial charge in [0, 0.05) is 6.54 Å². The van der Waals surface area contributed by atoms with Crippen molar-refractivity contribution in [3.05, 3.63) is 11.9 Å². The number of aromatic nitrogens is 2. The summed E-state index contributed by atoms with van der Waals surface area (Å²) in [7, 11) is 1.72. The first-order valence-electron chi connectivity index (χ1n) is 6.49. The van der Waals surface area contributed by atoms with Crippen LogP contribution in [0.25, 0.3) is 0 Å². The van der Waals surface area contributed by atoms with Crippen LogP contribution in [0.15, 0.2) is 6.20 Å². The van der Waals surface area contributed by atoms with Crippen LogP contribution in [-0.4, -0.2) is 23.4 Å². The summed E-state index contributed by atoms with van der Waals surface area (Å²) in [5, 5.41) is 8.00. The van der Waals surface area contributed by atoms with Crippen LogP contribution in [0.5, 0.6) is 5.75 Å². The Morgan fingerprint density at radius 2 is 2.24 bits per heavy atom. The second-order valence-electron chi connectivity index (χ2n) is 5.06. The molecule has 0 bridgehead atoms. The third kappa shape index (κ3) is 2.18. The van der Waals surface area contributed by atoms with Crippen LogP contribution in [0.3, 0.4) is 0 Å². The van der Waals surface area contributed by atoms with E-state index in [1.165, 1.54) is 18.5 Å². The molecule has 1 saturated carbocycles. The monoisotopic (exact) mass is 237 g/mol. The summed E-state index contributed by atoms with van der Waals surface area (Å²) < 4.78 is 7.51. The van der Waals surface area contributed by atoms with Gasteiger partial charge in [-0.3, -0.25) is 4.68 Å². The lowest BCUT2D eigenvalue weighted by atomic mass is 9.95. The molecule has 0 aliphatic heterocycles. The first-order valence-corrected chi connectivity index (χ1v) is 6.49. The number of hydrogen-bond acceptors (Lipinski definition) is 3. The van der Waals surface area contributed by atoms with E-state index in [4.69, 9.17) is 4.74 Å². The number of aryl methyl sites for hydroxylation is 1. The van der Waals surface area contributed by atoms with Gasteiger partial charge in [0.2, 0.25) is 0 Å². The Morgan fingerprint density at radius 3 is 2.71 bits per heavy atom. The van der Waals surface area contributed by atoms with Crippen molar-refractivity contribution in [1.29, 1.82) is 0 Å². The van der Waals surface area contributed by atoms with Gasteiger partial charge in [-0.15, -0.1) is 0 Å². The highest BCUT2D eigenvalue weighted by Gasteiger charge is 2.47. The van der Waals surface area contributed by atoms with Gasteiger partial charge in [-0.1, -0.05) is 13.8 Å². The van der Waals surface area contributed by atoms with Crippen molar-refractivity contribution in [3.8, 4) is 5.75 Å². The van der Waals surface area contributed by atoms with Crippen LogP contribution in [0.1, 0.15) is 45.3 Å². The molecule has 0 radical (unpaired) electrons. The molecule has 4 nitrogen and oxygen atoms in total. The minimum Gasteiger partial charge on any atom is -0.493 e. The van der Waals surface area contributed by atoms with Crippen molar-refractivity contribution in [2.45, 2.75) is 46.2 Å². The molecule has 0 spiro atoms. The molecule has 0 saturated heterocycles. The van der Waals surface area contributed by atoms with Gasteiger partial charge in [-0.25, -0.2) is 0 Å². The molecule has 96 valence electrons. The number of rotatable bonds is 6. The van der Waals surface area contributed by atoms with Crippen molar-refractivity contribution in [2.24, 2.45) is 5.41 Å². The van der Waals surface area contributed by atoms with Crippen LogP contribution in [0, 0.1) is 5.41 Å². The van der Waals surface area contributed by atoms with E-state index in [2.05, 4.69) is 35.9 Å². The van der Waals surface area contributed by atoms with Crippen molar-refractivity contribution < 1.29 is 4.74 Å². The molecule has 1 fully saturated rings. The normalized spacial score (nSPS) is 19.1. The zero-order valence-corrected chi connectivity index (χ0v) is 11.3. The number of nitrogens with zero attached hydrogens (tertiary/aromatic N) is 2. The minimum absolute atomic E-state index is 0.352. The number of nitrogens with one attached hydrogen (secondary N) is 1. The smallest absolute Gasteiger partial charge is 0.161 e. The Balaban J connectivity index is 2.37. The SMILES string of the molecule is CCNC(c1c(OC)cnn1CC)C1(C)CC1. The third-order valence-corrected chi connectivity index (χ3v) is 3.78. The van der Waals surface area contributed by atoms with E-state index in [1.807, 2.05) is 6.20 Å². The quantitative estimate of drug-likeness (QED) is 0.825. The summed E-state index contributed by atoms with van der Waals surface area (Å²) in [6, 6.07) is 0.352. The molecule has 17 heavy (non-hydrogen) atoms. The molecule has 1 N–H and O–H groups in total. The highest BCUT2D eigenvalue weighted by molar-refractivity contribution is 5.31. The average molecular weight is 237 g/mol. The summed E-state index contributed by atoms with van der Waals surface area (Å²) in [4.78, 5) is 0. The lowest BCUT2D eigenvalue weighted by molar-refractivity contribution is 0.329. The molecule has 1 unspecified atom stereocenters. The summed E-state index contributed by atoms with van der Waals surface area (Å²) >= 11 is 0. The van der Waals surface area contributed by atoms with Gasteiger partial charge in [0.15, 0.2) is 5.75 Å². The van der Waals surface area contributed by atoms with Gasteiger partial charge < -0.3 is 10.1 Å². The topological polar surface area (TPSA) is 39.1 Å². The Morgan fingerprint density at radius 1 is 1.53 bits per heavy atom. The van der Waals surface area contributed by atoms with E-state index in [9.17, 15) is 0 Å². The fourth-order valence-electron chi connectivity index (χ4n) is 2.44. The fourth-order valence-corrected chi connectivity index (χ4v) is 2.44. The summed E-state index contributed by atoms with van der Waals surface area (Å²) in [6.07, 6.45) is 4.39. The van der Waals surface area contributed by atoms with E-state index in [1.54, 1.807) is 7.11 Å². The van der Waals surface area contributed by atoms with Crippen LogP contribution in [0.4, 0.5) is 0 Å². The van der Waals surface area contributed by atoms with E-state index in [-0.39, 0.29) is 0 Å². The van der Waals surface area contributed by atoms with Gasteiger partial charge in [-0.05, 0) is 31.7 Å². The molecular formula is C13H23N3O. The standard InChI is InChI=1S/C13H23N3O/c1-5-14-12(13(3)7-8-13)11-10(17-4)9-15-16(11)6-2/h9,12,14H,5-8H2,1-4H3. The van der Waals surface area contributed by atoms with E-state index in [0.717, 1.165) is 18.8 Å². The predicted octanol–water partition coefficient (Wildman–Crippen LogP) is 2.36. The van der Waals surface area contributed by atoms with Crippen molar-refractivity contribution in [1.82, 2.24) is 15.1 Å². The van der Waals surface area contributed by atoms with Crippen LogP contribution in [0.2, 0.25) is 0 Å². The largest absolute Gasteiger partial charge is 0.493 e. The average Bonchev–Trinajstić information content (AvgIpc) is 2.95. The molecule has 1 heterocycles. The van der Waals surface area contributed by atoms with E-state index in [0.29, 0.717) is 11.5 Å². The lowest BCUT2D eigenvalue weighted by Gasteiger charge is -2.26. The van der Waals surface area contributed by atoms with Crippen LogP contribution < -0.4 is 10.1 Å². The second kappa shape index (κ2) is 4.69. The number of hydrogen-bond donors (Lipinski definition) is 1. The van der Waals surface area contributed by atoms with Gasteiger partial charge in [0.25, 0.3) is 0 Å². The minimum atomic E-state index is 0.352. The van der Waals surface area contributed by atoms with E-state index < -0.39 is 0 Å². The van der Waals surface area contributed by atoms with Gasteiger partial charge >= 0.3 is 0 Å². The molecular weight excluding hydrogens is 214 g/mol. The Bertz CT molecular complexity index is 361. The van der Waals surface area contributed by atoms with Crippen LogP contribution in [-0.2, 0) is 6.54 Å². The van der Waals surface area contributed by atoms with Gasteiger partial charge in [-0.2, -0.15) is 5.10 Å². The number of methoxy groups -OCH3 is 1. The van der Waals surface area contributed by atoms with Crippen molar-refractivity contribution in [3.63, 3.8) is 0 Å². The summed E-state index contributed by atoms with van der Waals surface area (Å²) in [6.45, 7) is 8.47. The first-order chi connectivity index (χ1) is 8.16. The molecule has 4 heteroatoms. The Kier molecular flexibility index (Phi) is 3.43. The molecule has 1 aromatic heterocycles. The number of ether oxygens (including phenoxy) is 1. The first kappa shape index (κ1) is 12.4. The highest BCUT2D eigenvalue weighted by atomic mass is 16.5. The van der Waals surface area contributed by atoms with Gasteiger partial charge in [0.1, 0.15) is 0 Å². The zero-order valence-electron chi connectivity index (χ0n) is 11.3. The molecule has 0 amide bonds. The molecule has 1 atom stereocenters. The molecule has 1 aliphatic carbocycles. The zero-order chi connectivity index (χ0) is 12.5. The maximum atomic E-state index is 5.45. The maximum Gasteiger partial charge on any atom is 0.161 e. The van der Waals surface area contributed by atoms with E-state index >= 15 is 0 Å². The molecule has 0 aromatic carbocycles. The van der Waals surface area contributed by atoms with Crippen molar-refractivity contribution in [2.75, 3.05) is 13.7 Å². The van der Waals surface area contributed by atoms with Crippen molar-refractivity contribution >= 4 is 0 Å². The Hall–Kier alpha value is -1.03. The second-order valence-corrected chi connectivity index (χ2v) is 5.06. The summed E-state index contributed by atoms with van der Waals surface area (Å²) in [5.41, 5.74) is 1.58. The fraction of sp³-hybridized carbons (Fsp3) is 0.769.